The van der Waals surface area contributed by atoms with Crippen LogP contribution in [0.1, 0.15) is 24.3 Å². The van der Waals surface area contributed by atoms with Crippen LogP contribution in [0, 0.1) is 0 Å². The van der Waals surface area contributed by atoms with Crippen molar-refractivity contribution in [1.82, 2.24) is 19.9 Å². The van der Waals surface area contributed by atoms with E-state index in [4.69, 9.17) is 4.74 Å². The van der Waals surface area contributed by atoms with Crippen molar-refractivity contribution < 1.29 is 9.53 Å². The van der Waals surface area contributed by atoms with Gasteiger partial charge in [0.15, 0.2) is 5.13 Å². The second-order valence-corrected chi connectivity index (χ2v) is 7.86. The van der Waals surface area contributed by atoms with Crippen LogP contribution in [0.3, 0.4) is 0 Å². The molecule has 0 saturated heterocycles. The number of rotatable bonds is 7. The van der Waals surface area contributed by atoms with Crippen LogP contribution in [0.15, 0.2) is 54.9 Å². The molecule has 4 rings (SSSR count). The van der Waals surface area contributed by atoms with Gasteiger partial charge < -0.3 is 15.0 Å². The van der Waals surface area contributed by atoms with Crippen molar-refractivity contribution in [2.24, 2.45) is 0 Å². The zero-order valence-corrected chi connectivity index (χ0v) is 18.4. The molecule has 0 fully saturated rings. The summed E-state index contributed by atoms with van der Waals surface area (Å²) in [5.41, 5.74) is 3.33. The first-order chi connectivity index (χ1) is 15.1. The topological polar surface area (TPSA) is 80.2 Å². The van der Waals surface area contributed by atoms with Crippen LogP contribution in [0.2, 0.25) is 0 Å². The lowest BCUT2D eigenvalue weighted by atomic mass is 10.1. The molecule has 1 aromatic carbocycles. The maximum atomic E-state index is 12.6. The standard InChI is InChI=1S/C23H23N5O2S/c1-4-28(5-2)22(29)19-7-6-8-21(25-19)27-23-26-18-10-9-15(12-20(18)31-23)16-11-17(30-3)14-24-13-16/h6-14H,4-5H2,1-3H3,(H,25,26,27). The first-order valence-corrected chi connectivity index (χ1v) is 10.9. The third-order valence-corrected chi connectivity index (χ3v) is 5.86. The average molecular weight is 434 g/mol. The Kier molecular flexibility index (Phi) is 6.08. The van der Waals surface area contributed by atoms with Gasteiger partial charge in [-0.25, -0.2) is 9.97 Å². The molecular weight excluding hydrogens is 410 g/mol. The van der Waals surface area contributed by atoms with Crippen molar-refractivity contribution in [1.29, 1.82) is 0 Å². The van der Waals surface area contributed by atoms with Gasteiger partial charge in [-0.1, -0.05) is 23.5 Å². The van der Waals surface area contributed by atoms with E-state index in [0.717, 1.165) is 32.2 Å². The highest BCUT2D eigenvalue weighted by Crippen LogP contribution is 2.32. The molecule has 0 aliphatic heterocycles. The molecule has 158 valence electrons. The zero-order chi connectivity index (χ0) is 21.8. The number of amides is 1. The van der Waals surface area contributed by atoms with E-state index in [1.165, 1.54) is 11.3 Å². The number of anilines is 2. The van der Waals surface area contributed by atoms with Gasteiger partial charge in [0.2, 0.25) is 0 Å². The molecule has 3 heterocycles. The molecule has 8 heteroatoms. The Morgan fingerprint density at radius 1 is 1.06 bits per heavy atom. The fourth-order valence-electron chi connectivity index (χ4n) is 3.25. The summed E-state index contributed by atoms with van der Waals surface area (Å²) in [6.45, 7) is 5.22. The van der Waals surface area contributed by atoms with Crippen LogP contribution in [0.4, 0.5) is 10.9 Å². The lowest BCUT2D eigenvalue weighted by Crippen LogP contribution is -2.31. The summed E-state index contributed by atoms with van der Waals surface area (Å²) in [5.74, 6) is 1.23. The number of methoxy groups -OCH3 is 1. The second-order valence-electron chi connectivity index (χ2n) is 6.83. The number of aromatic nitrogens is 3. The first kappa shape index (κ1) is 20.7. The summed E-state index contributed by atoms with van der Waals surface area (Å²) in [5, 5.41) is 3.95. The van der Waals surface area contributed by atoms with Crippen molar-refractivity contribution in [2.45, 2.75) is 13.8 Å². The van der Waals surface area contributed by atoms with Gasteiger partial charge in [0.1, 0.15) is 17.3 Å². The van der Waals surface area contributed by atoms with E-state index in [-0.39, 0.29) is 5.91 Å². The summed E-state index contributed by atoms with van der Waals surface area (Å²) in [7, 11) is 1.63. The molecule has 0 unspecified atom stereocenters. The number of fused-ring (bicyclic) bond motifs is 1. The number of ether oxygens (including phenoxy) is 1. The van der Waals surface area contributed by atoms with Crippen LogP contribution in [0.25, 0.3) is 21.3 Å². The zero-order valence-electron chi connectivity index (χ0n) is 17.6. The lowest BCUT2D eigenvalue weighted by molar-refractivity contribution is 0.0767. The molecule has 31 heavy (non-hydrogen) atoms. The third kappa shape index (κ3) is 4.49. The van der Waals surface area contributed by atoms with Crippen LogP contribution in [-0.2, 0) is 0 Å². The number of carbonyl (C=O) groups excluding carboxylic acids is 1. The van der Waals surface area contributed by atoms with Gasteiger partial charge in [0, 0.05) is 24.8 Å². The number of pyridine rings is 2. The molecule has 0 bridgehead atoms. The Hall–Kier alpha value is -3.52. The number of nitrogens with one attached hydrogen (secondary N) is 1. The number of benzene rings is 1. The minimum atomic E-state index is -0.0745. The van der Waals surface area contributed by atoms with Crippen molar-refractivity contribution in [3.63, 3.8) is 0 Å². The Balaban J connectivity index is 1.58. The van der Waals surface area contributed by atoms with E-state index in [2.05, 4.69) is 26.3 Å². The maximum Gasteiger partial charge on any atom is 0.272 e. The quantitative estimate of drug-likeness (QED) is 0.442. The SMILES string of the molecule is CCN(CC)C(=O)c1cccc(Nc2nc3ccc(-c4cncc(OC)c4)cc3s2)n1. The molecule has 3 aromatic heterocycles. The summed E-state index contributed by atoms with van der Waals surface area (Å²) in [6, 6.07) is 13.4. The van der Waals surface area contributed by atoms with Crippen LogP contribution >= 0.6 is 11.3 Å². The number of nitrogens with zero attached hydrogens (tertiary/aromatic N) is 4. The van der Waals surface area contributed by atoms with Gasteiger partial charge in [-0.2, -0.15) is 0 Å². The number of hydrogen-bond donors (Lipinski definition) is 1. The van der Waals surface area contributed by atoms with E-state index in [1.54, 1.807) is 24.3 Å². The smallest absolute Gasteiger partial charge is 0.272 e. The summed E-state index contributed by atoms with van der Waals surface area (Å²) < 4.78 is 6.31. The summed E-state index contributed by atoms with van der Waals surface area (Å²) in [4.78, 5) is 27.7. The van der Waals surface area contributed by atoms with Gasteiger partial charge in [0.25, 0.3) is 5.91 Å². The highest BCUT2D eigenvalue weighted by atomic mass is 32.1. The average Bonchev–Trinajstić information content (AvgIpc) is 3.21. The van der Waals surface area contributed by atoms with E-state index in [0.29, 0.717) is 24.6 Å². The van der Waals surface area contributed by atoms with Crippen molar-refractivity contribution in [2.75, 3.05) is 25.5 Å². The van der Waals surface area contributed by atoms with Crippen LogP contribution < -0.4 is 10.1 Å². The molecule has 0 aliphatic carbocycles. The fraction of sp³-hybridized carbons (Fsp3) is 0.217. The minimum absolute atomic E-state index is 0.0745. The molecule has 0 spiro atoms. The van der Waals surface area contributed by atoms with Gasteiger partial charge in [-0.3, -0.25) is 9.78 Å². The minimum Gasteiger partial charge on any atom is -0.495 e. The van der Waals surface area contributed by atoms with Crippen molar-refractivity contribution in [3.8, 4) is 16.9 Å². The molecule has 0 aliphatic rings. The maximum absolute atomic E-state index is 12.6. The Morgan fingerprint density at radius 3 is 2.68 bits per heavy atom. The van der Waals surface area contributed by atoms with Gasteiger partial charge in [0.05, 0.1) is 23.5 Å². The van der Waals surface area contributed by atoms with E-state index < -0.39 is 0 Å². The molecule has 0 radical (unpaired) electrons. The molecule has 0 saturated carbocycles. The Labute approximate surface area is 184 Å². The van der Waals surface area contributed by atoms with Crippen LogP contribution in [0.5, 0.6) is 5.75 Å². The van der Waals surface area contributed by atoms with Gasteiger partial charge >= 0.3 is 0 Å². The predicted molar refractivity (Wildman–Crippen MR) is 124 cm³/mol. The third-order valence-electron chi connectivity index (χ3n) is 4.92. The second kappa shape index (κ2) is 9.09. The molecule has 4 aromatic rings. The normalized spacial score (nSPS) is 10.8. The molecular formula is C23H23N5O2S. The highest BCUT2D eigenvalue weighted by Gasteiger charge is 2.15. The molecule has 0 atom stereocenters. The summed E-state index contributed by atoms with van der Waals surface area (Å²) >= 11 is 1.53. The van der Waals surface area contributed by atoms with E-state index >= 15 is 0 Å². The summed E-state index contributed by atoms with van der Waals surface area (Å²) in [6.07, 6.45) is 3.50. The molecule has 7 nitrogen and oxygen atoms in total. The molecule has 1 N–H and O–H groups in total. The number of hydrogen-bond acceptors (Lipinski definition) is 7. The van der Waals surface area contributed by atoms with E-state index in [9.17, 15) is 4.79 Å². The number of carbonyl (C=O) groups is 1. The predicted octanol–water partition coefficient (Wildman–Crippen LogP) is 4.99. The van der Waals surface area contributed by atoms with Crippen molar-refractivity contribution in [3.05, 3.63) is 60.6 Å². The largest absolute Gasteiger partial charge is 0.495 e. The lowest BCUT2D eigenvalue weighted by Gasteiger charge is -2.18. The van der Waals surface area contributed by atoms with E-state index in [1.807, 2.05) is 50.4 Å². The monoisotopic (exact) mass is 433 g/mol. The Bertz CT molecular complexity index is 1220. The van der Waals surface area contributed by atoms with Crippen LogP contribution in [-0.4, -0.2) is 46.0 Å². The molecule has 1 amide bonds. The highest BCUT2D eigenvalue weighted by molar-refractivity contribution is 7.22. The number of thiazole rings is 1. The van der Waals surface area contributed by atoms with Gasteiger partial charge in [-0.15, -0.1) is 0 Å². The Morgan fingerprint density at radius 2 is 1.90 bits per heavy atom. The fourth-order valence-corrected chi connectivity index (χ4v) is 4.16. The first-order valence-electron chi connectivity index (χ1n) is 10.0. The van der Waals surface area contributed by atoms with Gasteiger partial charge in [-0.05, 0) is 49.7 Å². The van der Waals surface area contributed by atoms with Crippen molar-refractivity contribution >= 4 is 38.4 Å².